The van der Waals surface area contributed by atoms with Crippen LogP contribution in [0.5, 0.6) is 0 Å². The summed E-state index contributed by atoms with van der Waals surface area (Å²) in [5.74, 6) is -0.273. The van der Waals surface area contributed by atoms with Gasteiger partial charge in [-0.05, 0) is 77.9 Å². The van der Waals surface area contributed by atoms with Gasteiger partial charge in [0.15, 0.2) is 0 Å². The van der Waals surface area contributed by atoms with Gasteiger partial charge in [0, 0.05) is 30.6 Å². The normalized spacial score (nSPS) is 21.4. The first-order valence-corrected chi connectivity index (χ1v) is 13.1. The Morgan fingerprint density at radius 3 is 2.38 bits per heavy atom. The van der Waals surface area contributed by atoms with Crippen LogP contribution in [0.4, 0.5) is 4.39 Å². The third-order valence-electron chi connectivity index (χ3n) is 8.09. The summed E-state index contributed by atoms with van der Waals surface area (Å²) in [7, 11) is 0. The van der Waals surface area contributed by atoms with Crippen LogP contribution in [0.15, 0.2) is 59.6 Å². The molecule has 0 bridgehead atoms. The molecule has 1 spiro atoms. The van der Waals surface area contributed by atoms with Crippen molar-refractivity contribution in [1.82, 2.24) is 9.80 Å². The Balaban J connectivity index is 1.13. The molecule has 0 unspecified atom stereocenters. The Morgan fingerprint density at radius 2 is 1.68 bits per heavy atom. The van der Waals surface area contributed by atoms with Crippen molar-refractivity contribution in [3.05, 3.63) is 71.0 Å². The van der Waals surface area contributed by atoms with Gasteiger partial charge >= 0.3 is 0 Å². The highest BCUT2D eigenvalue weighted by Crippen LogP contribution is 2.47. The molecule has 2 amide bonds. The fraction of sp³-hybridized carbons (Fsp3) is 0.345. The van der Waals surface area contributed by atoms with Crippen LogP contribution in [-0.2, 0) is 9.59 Å². The Bertz CT molecular complexity index is 1520. The van der Waals surface area contributed by atoms with Crippen molar-refractivity contribution in [3.8, 4) is 11.1 Å². The number of carbonyl (C=O) groups excluding carboxylic acids is 2. The molecule has 3 fully saturated rings. The molecule has 2 saturated carbocycles. The number of rotatable bonds is 5. The minimum absolute atomic E-state index is 0.0720. The molecule has 2 aliphatic heterocycles. The number of aliphatic imine (C=N–C) groups is 1. The van der Waals surface area contributed by atoms with Crippen LogP contribution < -0.4 is 0 Å². The average Bonchev–Trinajstić information content (AvgIpc) is 3.78. The molecule has 8 heteroatoms. The predicted octanol–water partition coefficient (Wildman–Crippen LogP) is 4.40. The van der Waals surface area contributed by atoms with Crippen molar-refractivity contribution in [1.29, 1.82) is 0 Å². The molecule has 1 N–H and O–H groups in total. The molecule has 4 aliphatic rings. The number of fused-ring (bicyclic) bond motifs is 1. The minimum Gasteiger partial charge on any atom is -0.380 e. The van der Waals surface area contributed by atoms with Crippen molar-refractivity contribution in [2.24, 2.45) is 10.9 Å². The molecule has 3 aromatic carbocycles. The van der Waals surface area contributed by atoms with Crippen molar-refractivity contribution in [2.75, 3.05) is 19.6 Å². The smallest absolute Gasteiger partial charge is 0.256 e. The van der Waals surface area contributed by atoms with E-state index in [2.05, 4.69) is 0 Å². The first-order chi connectivity index (χ1) is 17.7. The minimum atomic E-state index is -1.18. The van der Waals surface area contributed by atoms with Crippen LogP contribution in [0.3, 0.4) is 0 Å². The number of benzene rings is 3. The summed E-state index contributed by atoms with van der Waals surface area (Å²) in [5, 5.41) is 12.8. The topological polar surface area (TPSA) is 73.2 Å². The molecule has 3 aromatic rings. The van der Waals surface area contributed by atoms with Gasteiger partial charge in [0.05, 0.1) is 5.56 Å². The van der Waals surface area contributed by atoms with Crippen molar-refractivity contribution in [3.63, 3.8) is 0 Å². The third kappa shape index (κ3) is 3.75. The molecule has 0 atom stereocenters. The maximum Gasteiger partial charge on any atom is 0.256 e. The predicted molar refractivity (Wildman–Crippen MR) is 139 cm³/mol. The summed E-state index contributed by atoms with van der Waals surface area (Å²) in [4.78, 5) is 33.6. The van der Waals surface area contributed by atoms with Crippen LogP contribution in [0.1, 0.15) is 31.2 Å². The highest BCUT2D eigenvalue weighted by molar-refractivity contribution is 6.31. The van der Waals surface area contributed by atoms with Gasteiger partial charge in [-0.2, -0.15) is 0 Å². The van der Waals surface area contributed by atoms with Crippen LogP contribution in [-0.4, -0.2) is 63.3 Å². The Labute approximate surface area is 218 Å². The van der Waals surface area contributed by atoms with Crippen LogP contribution in [0, 0.1) is 11.7 Å². The van der Waals surface area contributed by atoms with Crippen molar-refractivity contribution < 1.29 is 19.1 Å². The number of nitrogens with zero attached hydrogens (tertiary/aromatic N) is 3. The average molecular weight is 518 g/mol. The lowest BCUT2D eigenvalue weighted by Gasteiger charge is -2.42. The zero-order chi connectivity index (χ0) is 25.5. The monoisotopic (exact) mass is 517 g/mol. The van der Waals surface area contributed by atoms with Gasteiger partial charge in [0.25, 0.3) is 11.8 Å². The van der Waals surface area contributed by atoms with E-state index in [0.29, 0.717) is 61.7 Å². The van der Waals surface area contributed by atoms with E-state index in [-0.39, 0.29) is 17.7 Å². The zero-order valence-electron chi connectivity index (χ0n) is 20.1. The number of amides is 2. The highest BCUT2D eigenvalue weighted by atomic mass is 35.5. The Kier molecular flexibility index (Phi) is 4.86. The lowest BCUT2D eigenvalue weighted by atomic mass is 9.97. The Hall–Kier alpha value is -3.29. The molecule has 6 nitrogen and oxygen atoms in total. The van der Waals surface area contributed by atoms with E-state index in [0.717, 1.165) is 21.9 Å². The van der Waals surface area contributed by atoms with E-state index in [9.17, 15) is 14.7 Å². The number of likely N-dealkylation sites (tertiary alicyclic amines) is 1. The fourth-order valence-electron chi connectivity index (χ4n) is 5.49. The first kappa shape index (κ1) is 22.9. The number of hydrogen-bond acceptors (Lipinski definition) is 4. The van der Waals surface area contributed by atoms with Crippen LogP contribution in [0.25, 0.3) is 21.9 Å². The highest BCUT2D eigenvalue weighted by Gasteiger charge is 2.58. The summed E-state index contributed by atoms with van der Waals surface area (Å²) in [6, 6.07) is 16.6. The molecular formula is C29H25ClFN3O3. The second kappa shape index (κ2) is 7.85. The lowest BCUT2D eigenvalue weighted by Crippen LogP contribution is -2.57. The molecule has 37 heavy (non-hydrogen) atoms. The van der Waals surface area contributed by atoms with Crippen LogP contribution in [0.2, 0.25) is 5.02 Å². The summed E-state index contributed by atoms with van der Waals surface area (Å²) in [5.41, 5.74) is 0.0107. The number of halogens is 2. The van der Waals surface area contributed by atoms with Gasteiger partial charge in [-0.1, -0.05) is 35.9 Å². The third-order valence-corrected chi connectivity index (χ3v) is 8.33. The number of amidine groups is 1. The standard InChI is InChI=1S/C29H25ClFN3O3/c30-22-5-3-19-11-18(1-2-20(19)12-22)21-4-6-23(24(31)13-21)25-32-28(7-8-28)26(35)34(25)16-17-14-33(15-17)27(36)29(37)9-10-29/h1-6,11-13,17,37H,7-10,14-16H2. The quantitative estimate of drug-likeness (QED) is 0.545. The molecule has 188 valence electrons. The van der Waals surface area contributed by atoms with E-state index < -0.39 is 17.0 Å². The lowest BCUT2D eigenvalue weighted by molar-refractivity contribution is -0.149. The van der Waals surface area contributed by atoms with Crippen molar-refractivity contribution >= 4 is 40.0 Å². The number of carbonyl (C=O) groups is 2. The van der Waals surface area contributed by atoms with E-state index in [4.69, 9.17) is 16.6 Å². The van der Waals surface area contributed by atoms with Gasteiger partial charge < -0.3 is 10.0 Å². The van der Waals surface area contributed by atoms with Gasteiger partial charge in [0.2, 0.25) is 0 Å². The van der Waals surface area contributed by atoms with Crippen LogP contribution >= 0.6 is 11.6 Å². The van der Waals surface area contributed by atoms with Gasteiger partial charge in [-0.15, -0.1) is 0 Å². The summed E-state index contributed by atoms with van der Waals surface area (Å²) < 4.78 is 15.5. The zero-order valence-corrected chi connectivity index (χ0v) is 20.8. The summed E-state index contributed by atoms with van der Waals surface area (Å²) in [6.07, 6.45) is 2.38. The van der Waals surface area contributed by atoms with Crippen molar-refractivity contribution in [2.45, 2.75) is 36.8 Å². The summed E-state index contributed by atoms with van der Waals surface area (Å²) >= 11 is 6.09. The number of aliphatic hydroxyl groups is 1. The van der Waals surface area contributed by atoms with Gasteiger partial charge in [-0.25, -0.2) is 4.39 Å². The fourth-order valence-corrected chi connectivity index (χ4v) is 5.67. The second-order valence-corrected chi connectivity index (χ2v) is 11.3. The molecule has 0 radical (unpaired) electrons. The van der Waals surface area contributed by atoms with E-state index in [1.54, 1.807) is 15.9 Å². The Morgan fingerprint density at radius 1 is 1.00 bits per heavy atom. The second-order valence-electron chi connectivity index (χ2n) is 10.9. The van der Waals surface area contributed by atoms with Gasteiger partial charge in [0.1, 0.15) is 22.8 Å². The van der Waals surface area contributed by atoms with E-state index >= 15 is 4.39 Å². The molecule has 2 heterocycles. The molecular weight excluding hydrogens is 493 g/mol. The molecule has 2 aliphatic carbocycles. The van der Waals surface area contributed by atoms with Gasteiger partial charge in [-0.3, -0.25) is 19.5 Å². The molecule has 0 aromatic heterocycles. The number of hydrogen-bond donors (Lipinski definition) is 1. The summed E-state index contributed by atoms with van der Waals surface area (Å²) in [6.45, 7) is 1.36. The SMILES string of the molecule is O=C(N1CC(CN2C(=O)C3(CC3)N=C2c2ccc(-c3ccc4cc(Cl)ccc4c3)cc2F)C1)C1(O)CC1. The maximum atomic E-state index is 15.5. The maximum absolute atomic E-state index is 15.5. The molecule has 1 saturated heterocycles. The largest absolute Gasteiger partial charge is 0.380 e. The first-order valence-electron chi connectivity index (χ1n) is 12.7. The van der Waals surface area contributed by atoms with E-state index in [1.807, 2.05) is 42.5 Å². The van der Waals surface area contributed by atoms with E-state index in [1.165, 1.54) is 6.07 Å². The molecule has 7 rings (SSSR count).